The maximum absolute atomic E-state index is 12.2. The normalized spacial score (nSPS) is 18.0. The van der Waals surface area contributed by atoms with Crippen LogP contribution in [-0.4, -0.2) is 64.7 Å². The van der Waals surface area contributed by atoms with E-state index in [0.29, 0.717) is 66.7 Å². The minimum absolute atomic E-state index is 0.0000488. The summed E-state index contributed by atoms with van der Waals surface area (Å²) in [7, 11) is 0. The predicted molar refractivity (Wildman–Crippen MR) is 132 cm³/mol. The Morgan fingerprint density at radius 3 is 2.61 bits per heavy atom. The number of carbonyl (C=O) groups excluding carboxylic acids is 2. The van der Waals surface area contributed by atoms with E-state index in [9.17, 15) is 14.4 Å². The molecule has 0 saturated carbocycles. The number of benzene rings is 1. The van der Waals surface area contributed by atoms with Crippen LogP contribution in [0.2, 0.25) is 0 Å². The quantitative estimate of drug-likeness (QED) is 0.524. The van der Waals surface area contributed by atoms with Gasteiger partial charge in [-0.15, -0.1) is 0 Å². The molecule has 2 saturated heterocycles. The molecule has 3 heterocycles. The maximum atomic E-state index is 12.2. The number of rotatable bonds is 6. The number of nitrogens with one attached hydrogen (secondary N) is 1. The number of likely N-dealkylation sites (tertiary alicyclic amines) is 1. The van der Waals surface area contributed by atoms with Gasteiger partial charge < -0.3 is 30.5 Å². The van der Waals surface area contributed by atoms with Gasteiger partial charge >= 0.3 is 6.09 Å². The number of hydrogen-bond acceptors (Lipinski definition) is 6. The lowest BCUT2D eigenvalue weighted by molar-refractivity contribution is -0.119. The van der Waals surface area contributed by atoms with Crippen LogP contribution in [0, 0.1) is 17.8 Å². The summed E-state index contributed by atoms with van der Waals surface area (Å²) in [6.07, 6.45) is 2.95. The standard InChI is InChI=1S/C26H30N4O6/c1-15(2)36-22-12-20-19(11-21(22)24(27)32)17(4-3-16-7-9-30(10-8-16)26(33)34)13-28-25(20)35-14-18-5-6-23(31)29-18/h11-13,15-16,18H,5-10,14H2,1-2H3,(H2,27,32)(H,29,31)(H,33,34). The third kappa shape index (κ3) is 5.79. The van der Waals surface area contributed by atoms with Crippen molar-refractivity contribution in [2.75, 3.05) is 19.7 Å². The number of piperidine rings is 1. The van der Waals surface area contributed by atoms with Crippen LogP contribution < -0.4 is 20.5 Å². The van der Waals surface area contributed by atoms with E-state index in [2.05, 4.69) is 22.1 Å². The number of ether oxygens (including phenoxy) is 2. The second-order valence-electron chi connectivity index (χ2n) is 9.33. The lowest BCUT2D eigenvalue weighted by atomic mass is 9.96. The van der Waals surface area contributed by atoms with Crippen molar-refractivity contribution in [2.45, 2.75) is 51.7 Å². The Kier molecular flexibility index (Phi) is 7.48. The van der Waals surface area contributed by atoms with Gasteiger partial charge in [0.05, 0.1) is 23.3 Å². The monoisotopic (exact) mass is 494 g/mol. The number of pyridine rings is 1. The zero-order chi connectivity index (χ0) is 25.8. The average Bonchev–Trinajstić information content (AvgIpc) is 3.26. The molecule has 0 bridgehead atoms. The molecule has 0 spiro atoms. The van der Waals surface area contributed by atoms with Crippen LogP contribution in [-0.2, 0) is 4.79 Å². The molecule has 4 N–H and O–H groups in total. The van der Waals surface area contributed by atoms with E-state index in [0.717, 1.165) is 0 Å². The van der Waals surface area contributed by atoms with Gasteiger partial charge in [0.15, 0.2) is 0 Å². The van der Waals surface area contributed by atoms with Crippen molar-refractivity contribution < 1.29 is 29.0 Å². The number of primary amides is 1. The molecule has 36 heavy (non-hydrogen) atoms. The Labute approximate surface area is 209 Å². The fourth-order valence-corrected chi connectivity index (χ4v) is 4.38. The first-order valence-electron chi connectivity index (χ1n) is 12.1. The number of nitrogens with zero attached hydrogens (tertiary/aromatic N) is 2. The highest BCUT2D eigenvalue weighted by Crippen LogP contribution is 2.33. The molecule has 1 aromatic heterocycles. The fraction of sp³-hybridized carbons (Fsp3) is 0.462. The van der Waals surface area contributed by atoms with Gasteiger partial charge in [-0.2, -0.15) is 0 Å². The van der Waals surface area contributed by atoms with Crippen molar-refractivity contribution in [1.82, 2.24) is 15.2 Å². The molecule has 1 aromatic carbocycles. The van der Waals surface area contributed by atoms with E-state index in [1.165, 1.54) is 4.90 Å². The highest BCUT2D eigenvalue weighted by molar-refractivity contribution is 6.03. The Bertz CT molecular complexity index is 1240. The third-order valence-corrected chi connectivity index (χ3v) is 6.26. The molecule has 4 rings (SSSR count). The molecule has 2 fully saturated rings. The molecule has 1 unspecified atom stereocenters. The summed E-state index contributed by atoms with van der Waals surface area (Å²) in [4.78, 5) is 40.8. The van der Waals surface area contributed by atoms with Gasteiger partial charge in [-0.1, -0.05) is 11.8 Å². The molecular weight excluding hydrogens is 464 g/mol. The Morgan fingerprint density at radius 1 is 1.25 bits per heavy atom. The number of amides is 3. The molecule has 0 aliphatic carbocycles. The lowest BCUT2D eigenvalue weighted by Gasteiger charge is -2.27. The number of aromatic nitrogens is 1. The van der Waals surface area contributed by atoms with Gasteiger partial charge in [0.1, 0.15) is 12.4 Å². The molecule has 10 nitrogen and oxygen atoms in total. The van der Waals surface area contributed by atoms with Crippen LogP contribution >= 0.6 is 0 Å². The van der Waals surface area contributed by atoms with Crippen molar-refractivity contribution in [2.24, 2.45) is 11.7 Å². The van der Waals surface area contributed by atoms with E-state index < -0.39 is 12.0 Å². The molecule has 2 aliphatic rings. The highest BCUT2D eigenvalue weighted by atomic mass is 16.5. The summed E-state index contributed by atoms with van der Waals surface area (Å²) < 4.78 is 11.8. The molecule has 0 radical (unpaired) electrons. The summed E-state index contributed by atoms with van der Waals surface area (Å²) in [6, 6.07) is 3.25. The van der Waals surface area contributed by atoms with Gasteiger partial charge in [0, 0.05) is 42.4 Å². The van der Waals surface area contributed by atoms with Crippen molar-refractivity contribution >= 4 is 28.7 Å². The first kappa shape index (κ1) is 25.1. The Balaban J connectivity index is 1.69. The van der Waals surface area contributed by atoms with Crippen molar-refractivity contribution in [3.8, 4) is 23.5 Å². The van der Waals surface area contributed by atoms with Gasteiger partial charge in [0.2, 0.25) is 11.8 Å². The zero-order valence-corrected chi connectivity index (χ0v) is 20.4. The third-order valence-electron chi connectivity index (χ3n) is 6.26. The minimum Gasteiger partial charge on any atom is -0.490 e. The fourth-order valence-electron chi connectivity index (χ4n) is 4.38. The van der Waals surface area contributed by atoms with Crippen molar-refractivity contribution in [3.63, 3.8) is 0 Å². The number of hydrogen-bond donors (Lipinski definition) is 3. The van der Waals surface area contributed by atoms with Crippen LogP contribution in [0.15, 0.2) is 18.3 Å². The molecule has 1 atom stereocenters. The van der Waals surface area contributed by atoms with Gasteiger partial charge in [-0.3, -0.25) is 9.59 Å². The van der Waals surface area contributed by atoms with E-state index in [4.69, 9.17) is 20.3 Å². The van der Waals surface area contributed by atoms with Gasteiger partial charge in [-0.05, 0) is 45.2 Å². The summed E-state index contributed by atoms with van der Waals surface area (Å²) in [5.74, 6) is 6.52. The SMILES string of the molecule is CC(C)Oc1cc2c(OCC3CCC(=O)N3)ncc(C#CC3CCN(C(=O)O)CC3)c2cc1C(N)=O. The Hall–Kier alpha value is -4.00. The molecule has 2 aromatic rings. The smallest absolute Gasteiger partial charge is 0.407 e. The first-order valence-corrected chi connectivity index (χ1v) is 12.1. The minimum atomic E-state index is -0.914. The summed E-state index contributed by atoms with van der Waals surface area (Å²) in [5, 5.41) is 13.3. The average molecular weight is 495 g/mol. The van der Waals surface area contributed by atoms with Gasteiger partial charge in [-0.25, -0.2) is 9.78 Å². The van der Waals surface area contributed by atoms with Crippen LogP contribution in [0.1, 0.15) is 55.5 Å². The van der Waals surface area contributed by atoms with Crippen molar-refractivity contribution in [3.05, 3.63) is 29.5 Å². The van der Waals surface area contributed by atoms with Crippen LogP contribution in [0.25, 0.3) is 10.8 Å². The van der Waals surface area contributed by atoms with E-state index in [1.807, 2.05) is 13.8 Å². The van der Waals surface area contributed by atoms with Gasteiger partial charge in [0.25, 0.3) is 5.91 Å². The molecular formula is C26H30N4O6. The van der Waals surface area contributed by atoms with Crippen molar-refractivity contribution in [1.29, 1.82) is 0 Å². The molecule has 10 heteroatoms. The predicted octanol–water partition coefficient (Wildman–Crippen LogP) is 2.52. The second kappa shape index (κ2) is 10.7. The lowest BCUT2D eigenvalue weighted by Crippen LogP contribution is -2.37. The Morgan fingerprint density at radius 2 is 2.00 bits per heavy atom. The maximum Gasteiger partial charge on any atom is 0.407 e. The summed E-state index contributed by atoms with van der Waals surface area (Å²) in [5.41, 5.74) is 6.49. The molecule has 2 aliphatic heterocycles. The summed E-state index contributed by atoms with van der Waals surface area (Å²) in [6.45, 7) is 4.86. The van der Waals surface area contributed by atoms with E-state index >= 15 is 0 Å². The second-order valence-corrected chi connectivity index (χ2v) is 9.33. The number of fused-ring (bicyclic) bond motifs is 1. The number of carbonyl (C=O) groups is 3. The number of carboxylic acid groups (broad SMARTS) is 1. The number of nitrogens with two attached hydrogens (primary N) is 1. The summed E-state index contributed by atoms with van der Waals surface area (Å²) >= 11 is 0. The van der Waals surface area contributed by atoms with Crippen LogP contribution in [0.4, 0.5) is 4.79 Å². The van der Waals surface area contributed by atoms with E-state index in [-0.39, 0.29) is 36.1 Å². The largest absolute Gasteiger partial charge is 0.490 e. The molecule has 3 amide bonds. The topological polar surface area (TPSA) is 144 Å². The zero-order valence-electron chi connectivity index (χ0n) is 20.4. The highest BCUT2D eigenvalue weighted by Gasteiger charge is 2.23. The van der Waals surface area contributed by atoms with E-state index in [1.54, 1.807) is 18.3 Å². The first-order chi connectivity index (χ1) is 17.2. The van der Waals surface area contributed by atoms with Crippen LogP contribution in [0.5, 0.6) is 11.6 Å². The van der Waals surface area contributed by atoms with Crippen LogP contribution in [0.3, 0.4) is 0 Å². The molecule has 190 valence electrons.